The normalized spacial score (nSPS) is 19.5. The third kappa shape index (κ3) is 3.58. The molecule has 0 bridgehead atoms. The fourth-order valence-electron chi connectivity index (χ4n) is 4.25. The van der Waals surface area contributed by atoms with Crippen LogP contribution in [0.1, 0.15) is 24.0 Å². The second-order valence-electron chi connectivity index (χ2n) is 8.00. The van der Waals surface area contributed by atoms with E-state index in [-0.39, 0.29) is 4.90 Å². The molecule has 2 aromatic carbocycles. The summed E-state index contributed by atoms with van der Waals surface area (Å²) < 4.78 is 39.5. The van der Waals surface area contributed by atoms with E-state index in [1.54, 1.807) is 30.3 Å². The first kappa shape index (κ1) is 20.4. The zero-order chi connectivity index (χ0) is 22.5. The number of amidine groups is 1. The van der Waals surface area contributed by atoms with Crippen molar-refractivity contribution >= 4 is 32.8 Å². The Balaban J connectivity index is 1.36. The van der Waals surface area contributed by atoms with E-state index in [9.17, 15) is 18.0 Å². The highest BCUT2D eigenvalue weighted by molar-refractivity contribution is 7.90. The van der Waals surface area contributed by atoms with Crippen molar-refractivity contribution in [1.29, 1.82) is 0 Å². The van der Waals surface area contributed by atoms with Crippen LogP contribution in [0.4, 0.5) is 0 Å². The van der Waals surface area contributed by atoms with Gasteiger partial charge in [0.25, 0.3) is 10.0 Å². The minimum atomic E-state index is -3.72. The van der Waals surface area contributed by atoms with Gasteiger partial charge in [-0.05, 0) is 49.6 Å². The lowest BCUT2D eigenvalue weighted by Gasteiger charge is -2.32. The van der Waals surface area contributed by atoms with Crippen LogP contribution in [0.2, 0.25) is 0 Å². The first-order chi connectivity index (χ1) is 15.3. The molecule has 0 saturated carbocycles. The number of carbonyl (C=O) groups is 1. The average Bonchev–Trinajstić information content (AvgIpc) is 3.05. The Hall–Kier alpha value is -3.46. The number of hydrogen-bond donors (Lipinski definition) is 0. The van der Waals surface area contributed by atoms with Gasteiger partial charge in [0, 0.05) is 36.2 Å². The Morgan fingerprint density at radius 2 is 2.00 bits per heavy atom. The molecule has 2 aliphatic heterocycles. The fraction of sp³-hybridized carbons (Fsp3) is 0.261. The van der Waals surface area contributed by atoms with Gasteiger partial charge >= 0.3 is 11.6 Å². The van der Waals surface area contributed by atoms with E-state index < -0.39 is 27.5 Å². The maximum Gasteiger partial charge on any atom is 0.336 e. The largest absolute Gasteiger partial charge is 0.426 e. The lowest BCUT2D eigenvalue weighted by Crippen LogP contribution is -2.43. The zero-order valence-corrected chi connectivity index (χ0v) is 18.1. The van der Waals surface area contributed by atoms with E-state index in [1.807, 2.05) is 11.8 Å². The summed E-state index contributed by atoms with van der Waals surface area (Å²) in [7, 11) is -3.72. The van der Waals surface area contributed by atoms with Crippen molar-refractivity contribution in [2.75, 3.05) is 13.1 Å². The molecule has 0 amide bonds. The molecule has 2 aliphatic rings. The lowest BCUT2D eigenvalue weighted by atomic mass is 9.97. The molecule has 0 radical (unpaired) electrons. The highest BCUT2D eigenvalue weighted by Gasteiger charge is 2.35. The smallest absolute Gasteiger partial charge is 0.336 e. The molecular formula is C23H20N2O6S. The molecule has 0 aliphatic carbocycles. The van der Waals surface area contributed by atoms with Gasteiger partial charge in [-0.1, -0.05) is 12.1 Å². The first-order valence-corrected chi connectivity index (χ1v) is 11.7. The Morgan fingerprint density at radius 3 is 2.84 bits per heavy atom. The van der Waals surface area contributed by atoms with Gasteiger partial charge in [0.1, 0.15) is 16.2 Å². The van der Waals surface area contributed by atoms with Gasteiger partial charge in [0.05, 0.1) is 5.92 Å². The molecule has 1 aromatic heterocycles. The summed E-state index contributed by atoms with van der Waals surface area (Å²) in [6, 6.07) is 13.1. The molecule has 1 unspecified atom stereocenters. The molecule has 5 rings (SSSR count). The number of likely N-dealkylation sites (tertiary alicyclic amines) is 1. The molecule has 9 heteroatoms. The standard InChI is InChI=1S/C23H20N2O6S/c1-14-11-21(26)31-19-12-16(8-9-17(14)19)30-23(27)15-5-4-10-25(13-15)22-18-6-2-3-7-20(18)32(28,29)24-22/h2-3,6-9,11-12,15H,4-5,10,13H2,1H3. The zero-order valence-electron chi connectivity index (χ0n) is 17.3. The van der Waals surface area contributed by atoms with Crippen LogP contribution < -0.4 is 10.4 Å². The van der Waals surface area contributed by atoms with E-state index in [0.29, 0.717) is 48.7 Å². The number of ether oxygens (including phenoxy) is 1. The predicted molar refractivity (Wildman–Crippen MR) is 117 cm³/mol. The third-order valence-corrected chi connectivity index (χ3v) is 7.13. The summed E-state index contributed by atoms with van der Waals surface area (Å²) in [4.78, 5) is 26.5. The number of benzene rings is 2. The minimum absolute atomic E-state index is 0.188. The van der Waals surface area contributed by atoms with E-state index in [2.05, 4.69) is 4.40 Å². The van der Waals surface area contributed by atoms with Crippen molar-refractivity contribution < 1.29 is 22.4 Å². The lowest BCUT2D eigenvalue weighted by molar-refractivity contribution is -0.140. The fourth-order valence-corrected chi connectivity index (χ4v) is 5.47. The molecule has 3 aromatic rings. The number of rotatable bonds is 2. The highest BCUT2D eigenvalue weighted by atomic mass is 32.2. The van der Waals surface area contributed by atoms with Crippen molar-refractivity contribution in [2.24, 2.45) is 10.3 Å². The number of aryl methyl sites for hydroxylation is 1. The molecule has 3 heterocycles. The van der Waals surface area contributed by atoms with Crippen LogP contribution in [-0.2, 0) is 14.8 Å². The molecule has 1 saturated heterocycles. The number of fused-ring (bicyclic) bond motifs is 2. The van der Waals surface area contributed by atoms with Gasteiger partial charge in [0.15, 0.2) is 5.84 Å². The van der Waals surface area contributed by atoms with Gasteiger partial charge in [-0.15, -0.1) is 4.40 Å². The van der Waals surface area contributed by atoms with Gasteiger partial charge in [-0.2, -0.15) is 8.42 Å². The van der Waals surface area contributed by atoms with Gasteiger partial charge < -0.3 is 14.1 Å². The number of nitrogens with zero attached hydrogens (tertiary/aromatic N) is 2. The van der Waals surface area contributed by atoms with Crippen molar-refractivity contribution in [3.63, 3.8) is 0 Å². The molecule has 1 fully saturated rings. The minimum Gasteiger partial charge on any atom is -0.426 e. The molecule has 164 valence electrons. The number of esters is 1. The van der Waals surface area contributed by atoms with Gasteiger partial charge in [-0.3, -0.25) is 4.79 Å². The predicted octanol–water partition coefficient (Wildman–Crippen LogP) is 2.87. The molecule has 0 N–H and O–H groups in total. The first-order valence-electron chi connectivity index (χ1n) is 10.3. The maximum absolute atomic E-state index is 12.9. The number of sulfonamides is 1. The van der Waals surface area contributed by atoms with Gasteiger partial charge in [0.2, 0.25) is 0 Å². The highest BCUT2D eigenvalue weighted by Crippen LogP contribution is 2.30. The van der Waals surface area contributed by atoms with Crippen molar-refractivity contribution in [3.05, 3.63) is 70.1 Å². The van der Waals surface area contributed by atoms with Crippen molar-refractivity contribution in [3.8, 4) is 5.75 Å². The second kappa shape index (κ2) is 7.59. The third-order valence-electron chi connectivity index (χ3n) is 5.81. The quantitative estimate of drug-likeness (QED) is 0.334. The van der Waals surface area contributed by atoms with Gasteiger partial charge in [-0.25, -0.2) is 4.79 Å². The van der Waals surface area contributed by atoms with Crippen LogP contribution in [0.3, 0.4) is 0 Å². The Kier molecular flexibility index (Phi) is 4.85. The van der Waals surface area contributed by atoms with Crippen LogP contribution in [0.5, 0.6) is 5.75 Å². The average molecular weight is 452 g/mol. The summed E-state index contributed by atoms with van der Waals surface area (Å²) in [5, 5.41) is 0.771. The number of piperidine rings is 1. The van der Waals surface area contributed by atoms with E-state index >= 15 is 0 Å². The van der Waals surface area contributed by atoms with Crippen LogP contribution in [0, 0.1) is 12.8 Å². The molecular weight excluding hydrogens is 432 g/mol. The summed E-state index contributed by atoms with van der Waals surface area (Å²) in [6.45, 7) is 2.72. The van der Waals surface area contributed by atoms with Crippen LogP contribution in [0.15, 0.2) is 67.0 Å². The van der Waals surface area contributed by atoms with Crippen LogP contribution >= 0.6 is 0 Å². The molecule has 1 atom stereocenters. The topological polar surface area (TPSA) is 106 Å². The Morgan fingerprint density at radius 1 is 1.19 bits per heavy atom. The van der Waals surface area contributed by atoms with E-state index in [0.717, 1.165) is 10.9 Å². The second-order valence-corrected chi connectivity index (χ2v) is 9.57. The maximum atomic E-state index is 12.9. The summed E-state index contributed by atoms with van der Waals surface area (Å²) >= 11 is 0. The Bertz CT molecular complexity index is 1440. The van der Waals surface area contributed by atoms with Crippen molar-refractivity contribution in [1.82, 2.24) is 4.90 Å². The summed E-state index contributed by atoms with van der Waals surface area (Å²) in [6.07, 6.45) is 1.32. The molecule has 8 nitrogen and oxygen atoms in total. The SMILES string of the molecule is Cc1cc(=O)oc2cc(OC(=O)C3CCCN(C4=NS(=O)(=O)c5ccccc54)C3)ccc12. The van der Waals surface area contributed by atoms with E-state index in [1.165, 1.54) is 18.2 Å². The molecule has 32 heavy (non-hydrogen) atoms. The molecule has 0 spiro atoms. The number of carbonyl (C=O) groups excluding carboxylic acids is 1. The Labute approximate surface area is 184 Å². The summed E-state index contributed by atoms with van der Waals surface area (Å²) in [5.41, 5.74) is 1.23. The monoisotopic (exact) mass is 452 g/mol. The van der Waals surface area contributed by atoms with Crippen molar-refractivity contribution in [2.45, 2.75) is 24.7 Å². The van der Waals surface area contributed by atoms with E-state index in [4.69, 9.17) is 9.15 Å². The number of hydrogen-bond acceptors (Lipinski definition) is 7. The van der Waals surface area contributed by atoms with Crippen LogP contribution in [0.25, 0.3) is 11.0 Å². The van der Waals surface area contributed by atoms with Crippen LogP contribution in [-0.4, -0.2) is 38.2 Å². The summed E-state index contributed by atoms with van der Waals surface area (Å²) in [5.74, 6) is -0.193.